The Morgan fingerprint density at radius 2 is 2.08 bits per heavy atom. The number of nitrogens with one attached hydrogen (secondary N) is 1. The second-order valence-corrected chi connectivity index (χ2v) is 8.22. The fourth-order valence-corrected chi connectivity index (χ4v) is 4.27. The SMILES string of the molecule is CN=C(NCc1ncnn1C)N1CCN(Cc2ccc(Br)s2)CC1.I. The number of piperazine rings is 1. The highest BCUT2D eigenvalue weighted by molar-refractivity contribution is 14.0. The molecule has 7 nitrogen and oxygen atoms in total. The summed E-state index contributed by atoms with van der Waals surface area (Å²) in [5, 5.41) is 7.47. The highest BCUT2D eigenvalue weighted by Crippen LogP contribution is 2.23. The lowest BCUT2D eigenvalue weighted by Crippen LogP contribution is -2.52. The van der Waals surface area contributed by atoms with Gasteiger partial charge in [-0.05, 0) is 28.1 Å². The van der Waals surface area contributed by atoms with Crippen LogP contribution in [0.2, 0.25) is 0 Å². The lowest BCUT2D eigenvalue weighted by atomic mass is 10.3. The minimum absolute atomic E-state index is 0. The predicted molar refractivity (Wildman–Crippen MR) is 115 cm³/mol. The van der Waals surface area contributed by atoms with Crippen LogP contribution in [0.25, 0.3) is 0 Å². The summed E-state index contributed by atoms with van der Waals surface area (Å²) in [6.07, 6.45) is 1.57. The van der Waals surface area contributed by atoms with E-state index in [-0.39, 0.29) is 24.0 Å². The van der Waals surface area contributed by atoms with E-state index in [1.54, 1.807) is 11.0 Å². The molecule has 1 saturated heterocycles. The molecule has 0 amide bonds. The van der Waals surface area contributed by atoms with E-state index < -0.39 is 0 Å². The van der Waals surface area contributed by atoms with Gasteiger partial charge in [0, 0.05) is 51.7 Å². The highest BCUT2D eigenvalue weighted by atomic mass is 127. The third-order valence-corrected chi connectivity index (χ3v) is 5.71. The van der Waals surface area contributed by atoms with Gasteiger partial charge in [-0.25, -0.2) is 4.98 Å². The second-order valence-electron chi connectivity index (χ2n) is 5.67. The van der Waals surface area contributed by atoms with E-state index in [9.17, 15) is 0 Å². The zero-order valence-corrected chi connectivity index (χ0v) is 19.1. The van der Waals surface area contributed by atoms with Gasteiger partial charge in [0.15, 0.2) is 5.96 Å². The van der Waals surface area contributed by atoms with Gasteiger partial charge in [0.2, 0.25) is 0 Å². The van der Waals surface area contributed by atoms with Crippen molar-refractivity contribution in [1.82, 2.24) is 29.9 Å². The van der Waals surface area contributed by atoms with Gasteiger partial charge in [-0.1, -0.05) is 0 Å². The molecular formula is C15H23BrIN7S. The molecule has 2 aromatic heterocycles. The Morgan fingerprint density at radius 3 is 2.64 bits per heavy atom. The number of thiophene rings is 1. The van der Waals surface area contributed by atoms with Crippen LogP contribution in [0.1, 0.15) is 10.7 Å². The third kappa shape index (κ3) is 5.63. The molecule has 0 radical (unpaired) electrons. The fraction of sp³-hybridized carbons (Fsp3) is 0.533. The summed E-state index contributed by atoms with van der Waals surface area (Å²) in [6.45, 7) is 5.69. The van der Waals surface area contributed by atoms with Crippen LogP contribution >= 0.6 is 51.2 Å². The van der Waals surface area contributed by atoms with Crippen molar-refractivity contribution >= 4 is 57.2 Å². The Balaban J connectivity index is 0.00000225. The lowest BCUT2D eigenvalue weighted by molar-refractivity contribution is 0.173. The molecule has 0 bridgehead atoms. The van der Waals surface area contributed by atoms with Gasteiger partial charge in [0.1, 0.15) is 12.2 Å². The second kappa shape index (κ2) is 9.83. The van der Waals surface area contributed by atoms with Gasteiger partial charge in [0.05, 0.1) is 10.3 Å². The van der Waals surface area contributed by atoms with Crippen molar-refractivity contribution in [2.24, 2.45) is 12.0 Å². The summed E-state index contributed by atoms with van der Waals surface area (Å²) >= 11 is 5.34. The molecule has 0 aromatic carbocycles. The first kappa shape index (κ1) is 20.6. The summed E-state index contributed by atoms with van der Waals surface area (Å²) in [4.78, 5) is 14.8. The van der Waals surface area contributed by atoms with Crippen LogP contribution < -0.4 is 5.32 Å². The first-order valence-electron chi connectivity index (χ1n) is 7.90. The molecule has 0 unspecified atom stereocenters. The summed E-state index contributed by atoms with van der Waals surface area (Å²) < 4.78 is 2.97. The standard InChI is InChI=1S/C15H22BrN7S.HI/c1-17-15(18-9-14-19-11-20-21(14)2)23-7-5-22(6-8-23)10-12-3-4-13(16)24-12;/h3-4,11H,5-10H2,1-2H3,(H,17,18);1H. The molecule has 0 spiro atoms. The molecule has 0 saturated carbocycles. The number of halogens is 2. The first-order valence-corrected chi connectivity index (χ1v) is 9.51. The number of guanidine groups is 1. The largest absolute Gasteiger partial charge is 0.349 e. The van der Waals surface area contributed by atoms with Gasteiger partial charge in [-0.15, -0.1) is 35.3 Å². The Labute approximate surface area is 177 Å². The maximum atomic E-state index is 4.40. The third-order valence-electron chi connectivity index (χ3n) is 4.10. The molecule has 1 N–H and O–H groups in total. The monoisotopic (exact) mass is 539 g/mol. The molecule has 1 fully saturated rings. The number of hydrogen-bond donors (Lipinski definition) is 1. The van der Waals surface area contributed by atoms with Crippen LogP contribution in [0.15, 0.2) is 27.2 Å². The molecule has 138 valence electrons. The molecule has 0 aliphatic carbocycles. The highest BCUT2D eigenvalue weighted by Gasteiger charge is 2.20. The number of nitrogens with zero attached hydrogens (tertiary/aromatic N) is 6. The minimum atomic E-state index is 0. The van der Waals surface area contributed by atoms with E-state index in [2.05, 4.69) is 58.3 Å². The predicted octanol–water partition coefficient (Wildman–Crippen LogP) is 2.15. The van der Waals surface area contributed by atoms with Crippen molar-refractivity contribution in [3.05, 3.63) is 32.9 Å². The number of aromatic nitrogens is 3. The average Bonchev–Trinajstić information content (AvgIpc) is 3.18. The van der Waals surface area contributed by atoms with Crippen LogP contribution in [-0.4, -0.2) is 63.8 Å². The minimum Gasteiger partial charge on any atom is -0.349 e. The van der Waals surface area contributed by atoms with Crippen LogP contribution in [0, 0.1) is 0 Å². The molecule has 25 heavy (non-hydrogen) atoms. The number of aliphatic imine (C=N–C) groups is 1. The summed E-state index contributed by atoms with van der Waals surface area (Å²) in [7, 11) is 3.73. The van der Waals surface area contributed by atoms with Crippen molar-refractivity contribution < 1.29 is 0 Å². The number of rotatable bonds is 4. The van der Waals surface area contributed by atoms with Crippen LogP contribution in [0.4, 0.5) is 0 Å². The molecule has 1 aliphatic heterocycles. The van der Waals surface area contributed by atoms with E-state index in [1.165, 1.54) is 8.66 Å². The van der Waals surface area contributed by atoms with Crippen molar-refractivity contribution in [3.63, 3.8) is 0 Å². The van der Waals surface area contributed by atoms with Crippen molar-refractivity contribution in [2.75, 3.05) is 33.2 Å². The van der Waals surface area contributed by atoms with E-state index in [4.69, 9.17) is 0 Å². The molecule has 0 atom stereocenters. The fourth-order valence-electron chi connectivity index (χ4n) is 2.75. The van der Waals surface area contributed by atoms with E-state index in [1.807, 2.05) is 25.4 Å². The average molecular weight is 540 g/mol. The van der Waals surface area contributed by atoms with Gasteiger partial charge >= 0.3 is 0 Å². The molecular weight excluding hydrogens is 517 g/mol. The zero-order chi connectivity index (χ0) is 16.9. The topological polar surface area (TPSA) is 61.6 Å². The summed E-state index contributed by atoms with van der Waals surface area (Å²) in [5.41, 5.74) is 0. The maximum Gasteiger partial charge on any atom is 0.194 e. The zero-order valence-electron chi connectivity index (χ0n) is 14.4. The number of aryl methyl sites for hydroxylation is 1. The van der Waals surface area contributed by atoms with Crippen molar-refractivity contribution in [2.45, 2.75) is 13.1 Å². The van der Waals surface area contributed by atoms with Gasteiger partial charge in [-0.2, -0.15) is 5.10 Å². The molecule has 1 aliphatic rings. The Hall–Kier alpha value is -0.720. The summed E-state index contributed by atoms with van der Waals surface area (Å²) in [5.74, 6) is 1.83. The normalized spacial score (nSPS) is 16.0. The quantitative estimate of drug-likeness (QED) is 0.366. The first-order chi connectivity index (χ1) is 11.7. The van der Waals surface area contributed by atoms with Gasteiger partial charge < -0.3 is 10.2 Å². The summed E-state index contributed by atoms with van der Waals surface area (Å²) in [6, 6.07) is 4.32. The van der Waals surface area contributed by atoms with Crippen LogP contribution in [-0.2, 0) is 20.1 Å². The van der Waals surface area contributed by atoms with E-state index >= 15 is 0 Å². The van der Waals surface area contributed by atoms with E-state index in [0.29, 0.717) is 6.54 Å². The Bertz CT molecular complexity index is 694. The smallest absolute Gasteiger partial charge is 0.194 e. The molecule has 3 rings (SSSR count). The van der Waals surface area contributed by atoms with Crippen LogP contribution in [0.3, 0.4) is 0 Å². The van der Waals surface area contributed by atoms with Crippen LogP contribution in [0.5, 0.6) is 0 Å². The number of hydrogen-bond acceptors (Lipinski definition) is 5. The van der Waals surface area contributed by atoms with Gasteiger partial charge in [-0.3, -0.25) is 14.6 Å². The Kier molecular flexibility index (Phi) is 8.10. The molecule has 10 heteroatoms. The molecule has 2 aromatic rings. The van der Waals surface area contributed by atoms with Crippen molar-refractivity contribution in [1.29, 1.82) is 0 Å². The van der Waals surface area contributed by atoms with Gasteiger partial charge in [0.25, 0.3) is 0 Å². The maximum absolute atomic E-state index is 4.40. The molecule has 3 heterocycles. The van der Waals surface area contributed by atoms with Crippen molar-refractivity contribution in [3.8, 4) is 0 Å². The lowest BCUT2D eigenvalue weighted by Gasteiger charge is -2.36. The van der Waals surface area contributed by atoms with E-state index in [0.717, 1.165) is 44.5 Å². The Morgan fingerprint density at radius 1 is 1.32 bits per heavy atom.